The summed E-state index contributed by atoms with van der Waals surface area (Å²) >= 11 is 0. The first kappa shape index (κ1) is 15.0. The van der Waals surface area contributed by atoms with Crippen LogP contribution in [0.3, 0.4) is 0 Å². The zero-order valence-corrected chi connectivity index (χ0v) is 12.5. The SMILES string of the molecule is Cc1ccc(C)c(S(=O)(=O)N2CCC(C(=O)O)CC2)c1. The first-order valence-electron chi connectivity index (χ1n) is 6.62. The van der Waals surface area contributed by atoms with E-state index < -0.39 is 21.9 Å². The molecule has 1 aliphatic heterocycles. The van der Waals surface area contributed by atoms with Crippen molar-refractivity contribution >= 4 is 16.0 Å². The molecule has 0 radical (unpaired) electrons. The fourth-order valence-corrected chi connectivity index (χ4v) is 4.25. The highest BCUT2D eigenvalue weighted by molar-refractivity contribution is 7.89. The molecule has 5 nitrogen and oxygen atoms in total. The molecule has 0 saturated carbocycles. The summed E-state index contributed by atoms with van der Waals surface area (Å²) < 4.78 is 26.6. The maximum Gasteiger partial charge on any atom is 0.306 e. The lowest BCUT2D eigenvalue weighted by molar-refractivity contribution is -0.142. The quantitative estimate of drug-likeness (QED) is 0.923. The van der Waals surface area contributed by atoms with Gasteiger partial charge in [0.2, 0.25) is 10.0 Å². The molecule has 1 aromatic rings. The minimum atomic E-state index is -3.52. The molecule has 0 aromatic heterocycles. The van der Waals surface area contributed by atoms with Crippen molar-refractivity contribution in [3.05, 3.63) is 29.3 Å². The van der Waals surface area contributed by atoms with Gasteiger partial charge in [-0.25, -0.2) is 8.42 Å². The molecule has 0 bridgehead atoms. The Bertz CT molecular complexity index is 616. The molecule has 0 amide bonds. The van der Waals surface area contributed by atoms with Crippen molar-refractivity contribution in [2.45, 2.75) is 31.6 Å². The fourth-order valence-electron chi connectivity index (χ4n) is 2.47. The molecule has 0 aliphatic carbocycles. The number of carboxylic acids is 1. The van der Waals surface area contributed by atoms with Gasteiger partial charge >= 0.3 is 5.97 Å². The first-order valence-corrected chi connectivity index (χ1v) is 8.06. The largest absolute Gasteiger partial charge is 0.481 e. The Morgan fingerprint density at radius 1 is 1.25 bits per heavy atom. The summed E-state index contributed by atoms with van der Waals surface area (Å²) in [5.74, 6) is -1.27. The number of carbonyl (C=O) groups is 1. The molecule has 2 rings (SSSR count). The van der Waals surface area contributed by atoms with Gasteiger partial charge in [-0.3, -0.25) is 4.79 Å². The van der Waals surface area contributed by atoms with Crippen LogP contribution in [0.2, 0.25) is 0 Å². The number of hydrogen-bond acceptors (Lipinski definition) is 3. The Balaban J connectivity index is 2.24. The van der Waals surface area contributed by atoms with E-state index in [-0.39, 0.29) is 13.1 Å². The van der Waals surface area contributed by atoms with Crippen LogP contribution in [0.15, 0.2) is 23.1 Å². The van der Waals surface area contributed by atoms with Gasteiger partial charge in [-0.2, -0.15) is 4.31 Å². The van der Waals surface area contributed by atoms with E-state index in [9.17, 15) is 13.2 Å². The normalized spacial score (nSPS) is 18.1. The number of sulfonamides is 1. The number of hydrogen-bond donors (Lipinski definition) is 1. The van der Waals surface area contributed by atoms with Crippen LogP contribution in [0.5, 0.6) is 0 Å². The number of nitrogens with zero attached hydrogens (tertiary/aromatic N) is 1. The lowest BCUT2D eigenvalue weighted by Crippen LogP contribution is -2.40. The number of rotatable bonds is 3. The van der Waals surface area contributed by atoms with E-state index in [1.165, 1.54) is 4.31 Å². The summed E-state index contributed by atoms with van der Waals surface area (Å²) in [6, 6.07) is 5.35. The number of aryl methyl sites for hydroxylation is 2. The van der Waals surface area contributed by atoms with E-state index in [1.54, 1.807) is 19.1 Å². The molecule has 0 unspecified atom stereocenters. The Labute approximate surface area is 119 Å². The Hall–Kier alpha value is -1.40. The maximum atomic E-state index is 12.6. The lowest BCUT2D eigenvalue weighted by Gasteiger charge is -2.29. The molecule has 1 fully saturated rings. The van der Waals surface area contributed by atoms with Crippen molar-refractivity contribution in [2.24, 2.45) is 5.92 Å². The van der Waals surface area contributed by atoms with Crippen LogP contribution in [0.25, 0.3) is 0 Å². The van der Waals surface area contributed by atoms with Gasteiger partial charge in [0.15, 0.2) is 0 Å². The number of piperidine rings is 1. The highest BCUT2D eigenvalue weighted by Gasteiger charge is 2.32. The van der Waals surface area contributed by atoms with E-state index in [2.05, 4.69) is 0 Å². The zero-order chi connectivity index (χ0) is 14.9. The first-order chi connectivity index (χ1) is 9.32. The molecule has 1 aromatic carbocycles. The van der Waals surface area contributed by atoms with Gasteiger partial charge in [-0.1, -0.05) is 12.1 Å². The molecule has 1 heterocycles. The standard InChI is InChI=1S/C14H19NO4S/c1-10-3-4-11(2)13(9-10)20(18,19)15-7-5-12(6-8-15)14(16)17/h3-4,9,12H,5-8H2,1-2H3,(H,16,17). The summed E-state index contributed by atoms with van der Waals surface area (Å²) in [6.07, 6.45) is 0.749. The second-order valence-corrected chi connectivity index (χ2v) is 7.19. The average Bonchev–Trinajstić information content (AvgIpc) is 2.41. The number of benzene rings is 1. The smallest absolute Gasteiger partial charge is 0.306 e. The van der Waals surface area contributed by atoms with Gasteiger partial charge < -0.3 is 5.11 Å². The molecule has 20 heavy (non-hydrogen) atoms. The van der Waals surface area contributed by atoms with E-state index in [0.29, 0.717) is 17.7 Å². The number of aliphatic carboxylic acids is 1. The maximum absolute atomic E-state index is 12.6. The van der Waals surface area contributed by atoms with Gasteiger partial charge in [0, 0.05) is 13.1 Å². The summed E-state index contributed by atoms with van der Waals surface area (Å²) in [6.45, 7) is 4.17. The third-order valence-electron chi connectivity index (χ3n) is 3.76. The highest BCUT2D eigenvalue weighted by Crippen LogP contribution is 2.26. The van der Waals surface area contributed by atoms with Crippen LogP contribution in [0.1, 0.15) is 24.0 Å². The van der Waals surface area contributed by atoms with E-state index in [0.717, 1.165) is 11.1 Å². The molecule has 1 saturated heterocycles. The van der Waals surface area contributed by atoms with Crippen molar-refractivity contribution in [3.63, 3.8) is 0 Å². The number of carboxylic acid groups (broad SMARTS) is 1. The summed E-state index contributed by atoms with van der Waals surface area (Å²) in [5, 5.41) is 8.96. The summed E-state index contributed by atoms with van der Waals surface area (Å²) in [5.41, 5.74) is 1.62. The van der Waals surface area contributed by atoms with Crippen LogP contribution in [0, 0.1) is 19.8 Å². The van der Waals surface area contributed by atoms with Crippen molar-refractivity contribution in [1.82, 2.24) is 4.31 Å². The third kappa shape index (κ3) is 2.86. The van der Waals surface area contributed by atoms with Crippen LogP contribution >= 0.6 is 0 Å². The van der Waals surface area contributed by atoms with Crippen molar-refractivity contribution in [1.29, 1.82) is 0 Å². The predicted octanol–water partition coefficient (Wildman–Crippen LogP) is 1.79. The molecule has 1 aliphatic rings. The van der Waals surface area contributed by atoms with Crippen molar-refractivity contribution < 1.29 is 18.3 Å². The second-order valence-electron chi connectivity index (χ2n) is 5.29. The van der Waals surface area contributed by atoms with Crippen LogP contribution in [0.4, 0.5) is 0 Å². The second kappa shape index (κ2) is 5.54. The van der Waals surface area contributed by atoms with E-state index in [1.807, 2.05) is 13.0 Å². The van der Waals surface area contributed by atoms with Gasteiger partial charge in [-0.05, 0) is 43.9 Å². The third-order valence-corrected chi connectivity index (χ3v) is 5.81. The molecule has 1 N–H and O–H groups in total. The Morgan fingerprint density at radius 2 is 1.85 bits per heavy atom. The molecule has 110 valence electrons. The Kier molecular flexibility index (Phi) is 4.15. The highest BCUT2D eigenvalue weighted by atomic mass is 32.2. The fraction of sp³-hybridized carbons (Fsp3) is 0.500. The van der Waals surface area contributed by atoms with Gasteiger partial charge in [0.1, 0.15) is 0 Å². The molecular formula is C14H19NO4S. The van der Waals surface area contributed by atoms with E-state index in [4.69, 9.17) is 5.11 Å². The summed E-state index contributed by atoms with van der Waals surface area (Å²) in [7, 11) is -3.52. The zero-order valence-electron chi connectivity index (χ0n) is 11.7. The van der Waals surface area contributed by atoms with Crippen molar-refractivity contribution in [2.75, 3.05) is 13.1 Å². The van der Waals surface area contributed by atoms with Gasteiger partial charge in [-0.15, -0.1) is 0 Å². The van der Waals surface area contributed by atoms with Crippen molar-refractivity contribution in [3.8, 4) is 0 Å². The molecular weight excluding hydrogens is 278 g/mol. The molecule has 6 heteroatoms. The molecule has 0 atom stereocenters. The topological polar surface area (TPSA) is 74.7 Å². The van der Waals surface area contributed by atoms with Gasteiger partial charge in [0.05, 0.1) is 10.8 Å². The van der Waals surface area contributed by atoms with Crippen LogP contribution in [-0.4, -0.2) is 36.9 Å². The Morgan fingerprint density at radius 3 is 2.40 bits per heavy atom. The average molecular weight is 297 g/mol. The van der Waals surface area contributed by atoms with Gasteiger partial charge in [0.25, 0.3) is 0 Å². The monoisotopic (exact) mass is 297 g/mol. The minimum Gasteiger partial charge on any atom is -0.481 e. The molecule has 0 spiro atoms. The predicted molar refractivity (Wildman–Crippen MR) is 75.0 cm³/mol. The summed E-state index contributed by atoms with van der Waals surface area (Å²) in [4.78, 5) is 11.2. The van der Waals surface area contributed by atoms with Crippen LogP contribution < -0.4 is 0 Å². The van der Waals surface area contributed by atoms with Crippen LogP contribution in [-0.2, 0) is 14.8 Å². The lowest BCUT2D eigenvalue weighted by atomic mass is 9.99. The van der Waals surface area contributed by atoms with E-state index >= 15 is 0 Å². The minimum absolute atomic E-state index is 0.271.